The van der Waals surface area contributed by atoms with Crippen molar-refractivity contribution in [1.82, 2.24) is 10.2 Å². The van der Waals surface area contributed by atoms with Gasteiger partial charge in [-0.3, -0.25) is 9.59 Å². The topological polar surface area (TPSA) is 105 Å². The van der Waals surface area contributed by atoms with Crippen molar-refractivity contribution in [3.63, 3.8) is 0 Å². The lowest BCUT2D eigenvalue weighted by molar-refractivity contribution is -0.166. The highest BCUT2D eigenvalue weighted by Gasteiger charge is 2.63. The van der Waals surface area contributed by atoms with Crippen LogP contribution < -0.4 is 10.1 Å². The second-order valence-corrected chi connectivity index (χ2v) is 13.9. The Morgan fingerprint density at radius 3 is 2.52 bits per heavy atom. The van der Waals surface area contributed by atoms with Crippen LogP contribution in [0.1, 0.15) is 71.3 Å². The quantitative estimate of drug-likeness (QED) is 0.366. The molecule has 4 unspecified atom stereocenters. The number of ether oxygens (including phenoxy) is 2. The monoisotopic (exact) mass is 570 g/mol. The van der Waals surface area contributed by atoms with Crippen LogP contribution >= 0.6 is 11.8 Å². The molecule has 5 rings (SSSR count). The molecular weight excluding hydrogens is 528 g/mol. The minimum Gasteiger partial charge on any atom is -0.504 e. The summed E-state index contributed by atoms with van der Waals surface area (Å²) >= 11 is 1.77. The van der Waals surface area contributed by atoms with E-state index >= 15 is 0 Å². The Labute approximate surface area is 241 Å². The number of nitrogens with one attached hydrogen (secondary N) is 1. The molecule has 1 aromatic carbocycles. The van der Waals surface area contributed by atoms with Crippen LogP contribution in [-0.4, -0.2) is 70.6 Å². The Bertz CT molecular complexity index is 1190. The van der Waals surface area contributed by atoms with Crippen molar-refractivity contribution in [3.8, 4) is 11.5 Å². The average molecular weight is 571 g/mol. The molecule has 0 spiro atoms. The van der Waals surface area contributed by atoms with Crippen molar-refractivity contribution < 1.29 is 29.0 Å². The first-order valence-corrected chi connectivity index (χ1v) is 15.6. The minimum absolute atomic E-state index is 0.0188. The molecule has 4 atom stereocenters. The average Bonchev–Trinajstić information content (AvgIpc) is 3.56. The number of methoxy groups -OCH3 is 1. The van der Waals surface area contributed by atoms with Crippen LogP contribution in [0.2, 0.25) is 0 Å². The van der Waals surface area contributed by atoms with Gasteiger partial charge in [0.05, 0.1) is 7.11 Å². The zero-order valence-electron chi connectivity index (χ0n) is 24.0. The van der Waals surface area contributed by atoms with E-state index in [1.165, 1.54) is 25.7 Å². The van der Waals surface area contributed by atoms with E-state index < -0.39 is 11.6 Å². The predicted octanol–water partition coefficient (Wildman–Crippen LogP) is 4.55. The van der Waals surface area contributed by atoms with Gasteiger partial charge in [0, 0.05) is 18.0 Å². The van der Waals surface area contributed by atoms with Gasteiger partial charge in [-0.05, 0) is 91.6 Å². The number of hydrogen-bond donors (Lipinski definition) is 2. The molecule has 2 saturated carbocycles. The third-order valence-electron chi connectivity index (χ3n) is 10.5. The van der Waals surface area contributed by atoms with E-state index in [2.05, 4.69) is 26.1 Å². The molecule has 2 aliphatic heterocycles. The Morgan fingerprint density at radius 1 is 1.12 bits per heavy atom. The number of phenolic OH excluding ortho intramolecular Hbond substituents is 1. The lowest BCUT2D eigenvalue weighted by Crippen LogP contribution is -2.62. The number of hydrogen-bond acceptors (Lipinski definition) is 7. The fourth-order valence-corrected chi connectivity index (χ4v) is 8.61. The van der Waals surface area contributed by atoms with Gasteiger partial charge in [-0.1, -0.05) is 26.8 Å². The number of fused-ring (bicyclic) bond motifs is 2. The van der Waals surface area contributed by atoms with Crippen LogP contribution in [0.3, 0.4) is 0 Å². The number of likely N-dealkylation sites (tertiary alicyclic amines) is 1. The number of rotatable bonds is 7. The maximum Gasteiger partial charge on any atom is 0.329 e. The molecule has 4 aliphatic rings. The second kappa shape index (κ2) is 11.0. The van der Waals surface area contributed by atoms with Crippen molar-refractivity contribution in [2.75, 3.05) is 25.2 Å². The molecule has 4 fully saturated rings. The first-order valence-electron chi connectivity index (χ1n) is 14.5. The van der Waals surface area contributed by atoms with Crippen molar-refractivity contribution in [1.29, 1.82) is 0 Å². The van der Waals surface area contributed by atoms with E-state index in [1.807, 2.05) is 0 Å². The van der Waals surface area contributed by atoms with Crippen LogP contribution in [0.5, 0.6) is 11.5 Å². The van der Waals surface area contributed by atoms with Crippen LogP contribution in [-0.2, 0) is 19.1 Å². The highest BCUT2D eigenvalue weighted by atomic mass is 32.2. The summed E-state index contributed by atoms with van der Waals surface area (Å²) in [6.07, 6.45) is 8.40. The van der Waals surface area contributed by atoms with E-state index in [4.69, 9.17) is 9.47 Å². The van der Waals surface area contributed by atoms with E-state index in [0.717, 1.165) is 30.8 Å². The second-order valence-electron chi connectivity index (χ2n) is 12.6. The van der Waals surface area contributed by atoms with Gasteiger partial charge in [0.25, 0.3) is 0 Å². The Balaban J connectivity index is 1.29. The third-order valence-corrected chi connectivity index (χ3v) is 11.5. The molecular formula is C31H42N2O6S. The number of aromatic hydroxyl groups is 1. The zero-order valence-corrected chi connectivity index (χ0v) is 24.9. The maximum absolute atomic E-state index is 14.1. The van der Waals surface area contributed by atoms with Crippen LogP contribution in [0.15, 0.2) is 24.3 Å². The lowest BCUT2D eigenvalue weighted by atomic mass is 9.70. The minimum atomic E-state index is -1.05. The fraction of sp³-hybridized carbons (Fsp3) is 0.645. The summed E-state index contributed by atoms with van der Waals surface area (Å²) in [5.41, 5.74) is -0.271. The van der Waals surface area contributed by atoms with Gasteiger partial charge in [-0.2, -0.15) is 11.8 Å². The summed E-state index contributed by atoms with van der Waals surface area (Å²) in [4.78, 5) is 42.4. The number of nitrogens with zero attached hydrogens (tertiary/aromatic N) is 1. The highest BCUT2D eigenvalue weighted by Crippen LogP contribution is 2.66. The number of carbonyl (C=O) groups excluding carboxylic acids is 3. The maximum atomic E-state index is 14.1. The van der Waals surface area contributed by atoms with Gasteiger partial charge in [0.15, 0.2) is 11.5 Å². The molecule has 218 valence electrons. The highest BCUT2D eigenvalue weighted by molar-refractivity contribution is 7.99. The molecule has 2 saturated heterocycles. The number of esters is 1. The predicted molar refractivity (Wildman–Crippen MR) is 155 cm³/mol. The number of thioether (sulfide) groups is 1. The Kier molecular flexibility index (Phi) is 7.89. The van der Waals surface area contributed by atoms with E-state index in [0.29, 0.717) is 43.0 Å². The molecule has 0 radical (unpaired) electrons. The number of benzene rings is 1. The van der Waals surface area contributed by atoms with E-state index in [1.54, 1.807) is 34.9 Å². The van der Waals surface area contributed by atoms with Crippen molar-refractivity contribution in [3.05, 3.63) is 29.8 Å². The zero-order chi connectivity index (χ0) is 28.7. The summed E-state index contributed by atoms with van der Waals surface area (Å²) in [6, 6.07) is 4.21. The SMILES string of the molecule is COc1cc(/C=C/C(=O)NC2(C(=O)N3CCCC3C(=O)OC3CC4CCC3(C)C4(C)C)CCSCC2)ccc1O. The van der Waals surface area contributed by atoms with E-state index in [9.17, 15) is 19.5 Å². The van der Waals surface area contributed by atoms with Crippen molar-refractivity contribution in [2.24, 2.45) is 16.7 Å². The van der Waals surface area contributed by atoms with Crippen LogP contribution in [0, 0.1) is 16.7 Å². The van der Waals surface area contributed by atoms with Gasteiger partial charge in [-0.15, -0.1) is 0 Å². The molecule has 1 aromatic rings. The number of phenols is 1. The lowest BCUT2D eigenvalue weighted by Gasteiger charge is -2.41. The van der Waals surface area contributed by atoms with Gasteiger partial charge in [0.2, 0.25) is 11.8 Å². The normalized spacial score (nSPS) is 30.4. The van der Waals surface area contributed by atoms with Crippen molar-refractivity contribution >= 4 is 35.6 Å². The first-order chi connectivity index (χ1) is 19.0. The summed E-state index contributed by atoms with van der Waals surface area (Å²) in [5, 5.41) is 12.9. The van der Waals surface area contributed by atoms with Crippen LogP contribution in [0.4, 0.5) is 0 Å². The van der Waals surface area contributed by atoms with Gasteiger partial charge >= 0.3 is 5.97 Å². The van der Waals surface area contributed by atoms with Gasteiger partial charge < -0.3 is 24.8 Å². The smallest absolute Gasteiger partial charge is 0.329 e. The number of carbonyl (C=O) groups is 3. The summed E-state index contributed by atoms with van der Waals surface area (Å²) in [6.45, 7) is 7.33. The van der Waals surface area contributed by atoms with Crippen LogP contribution in [0.25, 0.3) is 6.08 Å². The largest absolute Gasteiger partial charge is 0.504 e. The van der Waals surface area contributed by atoms with Crippen molar-refractivity contribution in [2.45, 2.75) is 83.4 Å². The molecule has 2 N–H and O–H groups in total. The molecule has 40 heavy (non-hydrogen) atoms. The number of amides is 2. The molecule has 2 amide bonds. The molecule has 9 heteroatoms. The molecule has 2 heterocycles. The van der Waals surface area contributed by atoms with E-state index in [-0.39, 0.29) is 40.5 Å². The molecule has 2 bridgehead atoms. The Morgan fingerprint density at radius 2 is 1.88 bits per heavy atom. The summed E-state index contributed by atoms with van der Waals surface area (Å²) in [5.74, 6) is 1.55. The Hall–Kier alpha value is -2.68. The fourth-order valence-electron chi connectivity index (χ4n) is 7.42. The molecule has 8 nitrogen and oxygen atoms in total. The summed E-state index contributed by atoms with van der Waals surface area (Å²) < 4.78 is 11.3. The first kappa shape index (κ1) is 28.8. The molecule has 2 aliphatic carbocycles. The third kappa shape index (κ3) is 4.99. The van der Waals surface area contributed by atoms with Gasteiger partial charge in [0.1, 0.15) is 17.7 Å². The summed E-state index contributed by atoms with van der Waals surface area (Å²) in [7, 11) is 1.46. The standard InChI is InChI=1S/C31H42N2O6S/c1-29(2)21-11-12-30(29,3)25(19-21)39-27(36)22-6-5-15-33(22)28(37)31(13-16-40-17-14-31)32-26(35)10-8-20-7-9-23(34)24(18-20)38-4/h7-10,18,21-22,25,34H,5-6,11-17,19H2,1-4H3,(H,32,35)/b10-8+. The van der Waals surface area contributed by atoms with Gasteiger partial charge in [-0.25, -0.2) is 4.79 Å². The molecule has 0 aromatic heterocycles.